The molecule has 0 unspecified atom stereocenters. The van der Waals surface area contributed by atoms with E-state index in [1.807, 2.05) is 4.90 Å². The van der Waals surface area contributed by atoms with Crippen molar-refractivity contribution >= 4 is 11.8 Å². The van der Waals surface area contributed by atoms with E-state index in [1.54, 1.807) is 19.0 Å². The van der Waals surface area contributed by atoms with Gasteiger partial charge in [0.2, 0.25) is 5.91 Å². The number of carbonyl (C=O) groups excluding carboxylic acids is 2. The highest BCUT2D eigenvalue weighted by molar-refractivity contribution is 5.94. The van der Waals surface area contributed by atoms with Crippen LogP contribution >= 0.6 is 0 Å². The molecule has 0 radical (unpaired) electrons. The Morgan fingerprint density at radius 3 is 2.62 bits per heavy atom. The minimum absolute atomic E-state index is 0.0187. The third-order valence-electron chi connectivity index (χ3n) is 4.58. The van der Waals surface area contributed by atoms with Gasteiger partial charge in [-0.1, -0.05) is 0 Å². The van der Waals surface area contributed by atoms with Gasteiger partial charge in [0.25, 0.3) is 5.91 Å². The maximum atomic E-state index is 12.6. The topological polar surface area (TPSA) is 69.3 Å². The van der Waals surface area contributed by atoms with Crippen LogP contribution in [0.4, 0.5) is 0 Å². The lowest BCUT2D eigenvalue weighted by Gasteiger charge is -2.32. The number of aryl methyl sites for hydroxylation is 1. The summed E-state index contributed by atoms with van der Waals surface area (Å²) in [4.78, 5) is 28.0. The lowest BCUT2D eigenvalue weighted by atomic mass is 9.95. The third-order valence-corrected chi connectivity index (χ3v) is 4.58. The highest BCUT2D eigenvalue weighted by Gasteiger charge is 2.31. The predicted molar refractivity (Wildman–Crippen MR) is 77.9 cm³/mol. The van der Waals surface area contributed by atoms with E-state index >= 15 is 0 Å². The van der Waals surface area contributed by atoms with Crippen molar-refractivity contribution in [1.82, 2.24) is 20.0 Å². The average Bonchev–Trinajstić information content (AvgIpc) is 3.08. The normalized spacial score (nSPS) is 18.7. The fraction of sp³-hybridized carbons (Fsp3) is 0.667. The fourth-order valence-electron chi connectivity index (χ4n) is 3.34. The van der Waals surface area contributed by atoms with Gasteiger partial charge in [-0.25, -0.2) is 0 Å². The summed E-state index contributed by atoms with van der Waals surface area (Å²) in [5, 5.41) is 7.19. The van der Waals surface area contributed by atoms with Crippen LogP contribution in [0, 0.1) is 5.92 Å². The van der Waals surface area contributed by atoms with Crippen molar-refractivity contribution in [2.75, 3.05) is 27.2 Å². The summed E-state index contributed by atoms with van der Waals surface area (Å²) in [6.45, 7) is 1.29. The molecule has 1 aromatic heterocycles. The van der Waals surface area contributed by atoms with Crippen LogP contribution < -0.4 is 0 Å². The summed E-state index contributed by atoms with van der Waals surface area (Å²) in [7, 11) is 3.57. The molecule has 3 rings (SSSR count). The Bertz CT molecular complexity index is 556. The number of rotatable bonds is 2. The Morgan fingerprint density at radius 2 is 1.95 bits per heavy atom. The molecule has 1 aliphatic heterocycles. The SMILES string of the molecule is CN(C)C(=O)C1CCN(C(=O)c2n[nH]c3c2CCC3)CC1. The molecule has 1 saturated heterocycles. The van der Waals surface area contributed by atoms with Crippen LogP contribution in [0.15, 0.2) is 0 Å². The standard InChI is InChI=1S/C15H22N4O2/c1-18(2)14(20)10-6-8-19(9-7-10)15(21)13-11-4-3-5-12(11)16-17-13/h10H,3-9H2,1-2H3,(H,16,17). The molecule has 6 heteroatoms. The third kappa shape index (κ3) is 2.54. The number of nitrogens with zero attached hydrogens (tertiary/aromatic N) is 3. The molecule has 0 spiro atoms. The number of aromatic nitrogens is 2. The Labute approximate surface area is 124 Å². The fourth-order valence-corrected chi connectivity index (χ4v) is 3.34. The number of H-pyrrole nitrogens is 1. The Kier molecular flexibility index (Phi) is 3.69. The number of hydrogen-bond acceptors (Lipinski definition) is 3. The maximum absolute atomic E-state index is 12.6. The van der Waals surface area contributed by atoms with E-state index in [2.05, 4.69) is 10.2 Å². The number of aromatic amines is 1. The van der Waals surface area contributed by atoms with Crippen molar-refractivity contribution in [3.05, 3.63) is 17.0 Å². The number of nitrogens with one attached hydrogen (secondary N) is 1. The van der Waals surface area contributed by atoms with Gasteiger partial charge in [-0.15, -0.1) is 0 Å². The van der Waals surface area contributed by atoms with Gasteiger partial charge in [0.15, 0.2) is 5.69 Å². The lowest BCUT2D eigenvalue weighted by Crippen LogP contribution is -2.43. The summed E-state index contributed by atoms with van der Waals surface area (Å²) in [6, 6.07) is 0. The molecule has 0 aromatic carbocycles. The largest absolute Gasteiger partial charge is 0.349 e. The number of piperidine rings is 1. The van der Waals surface area contributed by atoms with Crippen molar-refractivity contribution < 1.29 is 9.59 Å². The van der Waals surface area contributed by atoms with Crippen molar-refractivity contribution in [3.8, 4) is 0 Å². The second kappa shape index (κ2) is 5.50. The highest BCUT2D eigenvalue weighted by atomic mass is 16.2. The van der Waals surface area contributed by atoms with Crippen molar-refractivity contribution in [3.63, 3.8) is 0 Å². The predicted octanol–water partition coefficient (Wildman–Crippen LogP) is 0.839. The molecule has 6 nitrogen and oxygen atoms in total. The van der Waals surface area contributed by atoms with Crippen molar-refractivity contribution in [2.24, 2.45) is 5.92 Å². The molecule has 114 valence electrons. The number of fused-ring (bicyclic) bond motifs is 1. The van der Waals surface area contributed by atoms with E-state index in [-0.39, 0.29) is 17.7 Å². The van der Waals surface area contributed by atoms with Gasteiger partial charge in [0.05, 0.1) is 0 Å². The smallest absolute Gasteiger partial charge is 0.274 e. The monoisotopic (exact) mass is 290 g/mol. The molecule has 21 heavy (non-hydrogen) atoms. The molecule has 1 N–H and O–H groups in total. The molecule has 0 bridgehead atoms. The zero-order valence-electron chi connectivity index (χ0n) is 12.7. The van der Waals surface area contributed by atoms with Gasteiger partial charge in [-0.2, -0.15) is 5.10 Å². The molecule has 1 aromatic rings. The zero-order valence-corrected chi connectivity index (χ0v) is 12.7. The summed E-state index contributed by atoms with van der Waals surface area (Å²) in [6.07, 6.45) is 4.53. The summed E-state index contributed by atoms with van der Waals surface area (Å²) in [5.74, 6) is 0.238. The van der Waals surface area contributed by atoms with E-state index in [9.17, 15) is 9.59 Å². The van der Waals surface area contributed by atoms with E-state index in [0.717, 1.165) is 43.4 Å². The van der Waals surface area contributed by atoms with Gasteiger partial charge in [-0.3, -0.25) is 14.7 Å². The van der Waals surface area contributed by atoms with Crippen LogP contribution in [0.1, 0.15) is 41.0 Å². The maximum Gasteiger partial charge on any atom is 0.274 e. The summed E-state index contributed by atoms with van der Waals surface area (Å²) < 4.78 is 0. The molecule has 0 saturated carbocycles. The van der Waals surface area contributed by atoms with Crippen molar-refractivity contribution in [2.45, 2.75) is 32.1 Å². The molecule has 0 atom stereocenters. The zero-order chi connectivity index (χ0) is 15.0. The minimum atomic E-state index is 0.0187. The Balaban J connectivity index is 1.64. The van der Waals surface area contributed by atoms with Crippen LogP contribution in [-0.2, 0) is 17.6 Å². The second-order valence-electron chi connectivity index (χ2n) is 6.18. The molecular weight excluding hydrogens is 268 g/mol. The van der Waals surface area contributed by atoms with E-state index in [0.29, 0.717) is 18.8 Å². The number of likely N-dealkylation sites (tertiary alicyclic amines) is 1. The van der Waals surface area contributed by atoms with Crippen LogP contribution in [0.25, 0.3) is 0 Å². The minimum Gasteiger partial charge on any atom is -0.349 e. The van der Waals surface area contributed by atoms with Gasteiger partial charge < -0.3 is 9.80 Å². The average molecular weight is 290 g/mol. The van der Waals surface area contributed by atoms with Gasteiger partial charge in [0, 0.05) is 44.4 Å². The number of amides is 2. The van der Waals surface area contributed by atoms with Gasteiger partial charge >= 0.3 is 0 Å². The Morgan fingerprint density at radius 1 is 1.24 bits per heavy atom. The first kappa shape index (κ1) is 14.1. The van der Waals surface area contributed by atoms with Crippen LogP contribution in [0.5, 0.6) is 0 Å². The summed E-state index contributed by atoms with van der Waals surface area (Å²) in [5.41, 5.74) is 2.82. The van der Waals surface area contributed by atoms with Gasteiger partial charge in [-0.05, 0) is 32.1 Å². The van der Waals surface area contributed by atoms with Crippen LogP contribution in [0.3, 0.4) is 0 Å². The molecule has 1 fully saturated rings. The van der Waals surface area contributed by atoms with Crippen LogP contribution in [-0.4, -0.2) is 59.0 Å². The first-order valence-corrected chi connectivity index (χ1v) is 7.64. The van der Waals surface area contributed by atoms with Gasteiger partial charge in [0.1, 0.15) is 0 Å². The van der Waals surface area contributed by atoms with E-state index in [4.69, 9.17) is 0 Å². The number of carbonyl (C=O) groups is 2. The molecule has 2 amide bonds. The Hall–Kier alpha value is -1.85. The first-order valence-electron chi connectivity index (χ1n) is 7.64. The molecule has 1 aliphatic carbocycles. The van der Waals surface area contributed by atoms with E-state index < -0.39 is 0 Å². The molecule has 2 aliphatic rings. The van der Waals surface area contributed by atoms with E-state index in [1.165, 1.54) is 0 Å². The van der Waals surface area contributed by atoms with Crippen LogP contribution in [0.2, 0.25) is 0 Å². The first-order chi connectivity index (χ1) is 10.1. The molecule has 2 heterocycles. The second-order valence-corrected chi connectivity index (χ2v) is 6.18. The number of hydrogen-bond donors (Lipinski definition) is 1. The van der Waals surface area contributed by atoms with Crippen molar-refractivity contribution in [1.29, 1.82) is 0 Å². The lowest BCUT2D eigenvalue weighted by molar-refractivity contribution is -0.134. The quantitative estimate of drug-likeness (QED) is 0.877. The summed E-state index contributed by atoms with van der Waals surface area (Å²) >= 11 is 0. The highest BCUT2D eigenvalue weighted by Crippen LogP contribution is 2.26. The molecular formula is C15H22N4O2.